The highest BCUT2D eigenvalue weighted by atomic mass is 79.9. The first-order chi connectivity index (χ1) is 13.1. The van der Waals surface area contributed by atoms with Crippen molar-refractivity contribution in [2.45, 2.75) is 44.1 Å². The van der Waals surface area contributed by atoms with Crippen molar-refractivity contribution in [3.63, 3.8) is 0 Å². The van der Waals surface area contributed by atoms with Gasteiger partial charge in [0.2, 0.25) is 0 Å². The van der Waals surface area contributed by atoms with Gasteiger partial charge in [0.05, 0.1) is 11.3 Å². The lowest BCUT2D eigenvalue weighted by atomic mass is 9.88. The van der Waals surface area contributed by atoms with Crippen molar-refractivity contribution in [1.82, 2.24) is 4.98 Å². The number of aromatic nitrogens is 1. The lowest BCUT2D eigenvalue weighted by Gasteiger charge is -2.26. The van der Waals surface area contributed by atoms with Crippen molar-refractivity contribution in [3.05, 3.63) is 56.5 Å². The molecule has 4 nitrogen and oxygen atoms in total. The predicted molar refractivity (Wildman–Crippen MR) is 109 cm³/mol. The molecule has 6 heteroatoms. The van der Waals surface area contributed by atoms with Gasteiger partial charge in [0.15, 0.2) is 0 Å². The van der Waals surface area contributed by atoms with Crippen molar-refractivity contribution in [1.29, 1.82) is 5.26 Å². The minimum absolute atomic E-state index is 0.300. The van der Waals surface area contributed by atoms with Gasteiger partial charge in [0.25, 0.3) is 0 Å². The molecule has 0 amide bonds. The van der Waals surface area contributed by atoms with E-state index in [1.807, 2.05) is 29.7 Å². The van der Waals surface area contributed by atoms with Crippen molar-refractivity contribution in [3.8, 4) is 6.07 Å². The largest absolute Gasteiger partial charge is 0.452 e. The molecule has 2 heterocycles. The van der Waals surface area contributed by atoms with Gasteiger partial charge in [-0.25, -0.2) is 4.98 Å². The van der Waals surface area contributed by atoms with Crippen LogP contribution >= 0.6 is 27.3 Å². The van der Waals surface area contributed by atoms with Gasteiger partial charge in [-0.05, 0) is 42.6 Å². The van der Waals surface area contributed by atoms with E-state index in [4.69, 9.17) is 4.74 Å². The highest BCUT2D eigenvalue weighted by molar-refractivity contribution is 9.11. The van der Waals surface area contributed by atoms with Crippen LogP contribution in [0.2, 0.25) is 0 Å². The second-order valence-corrected chi connectivity index (χ2v) is 8.83. The standard InChI is InChI=1S/C21H19BrN2O2S/c22-16-6-7-19-14(9-16)10-17(21(25)26-19)18-12-27-20(24-18)15(11-23)8-13-4-2-1-3-5-13/h6-10,12-13,17,19H,1-5H2/b15-8+/t17-,19+/m0/s1. The smallest absolute Gasteiger partial charge is 0.319 e. The molecule has 138 valence electrons. The average Bonchev–Trinajstić information content (AvgIpc) is 3.16. The Morgan fingerprint density at radius 3 is 2.96 bits per heavy atom. The molecule has 0 radical (unpaired) electrons. The number of nitriles is 1. The molecule has 3 aliphatic rings. The Labute approximate surface area is 171 Å². The molecular formula is C21H19BrN2O2S. The maximum atomic E-state index is 12.4. The van der Waals surface area contributed by atoms with Gasteiger partial charge in [-0.15, -0.1) is 11.3 Å². The third kappa shape index (κ3) is 3.99. The number of fused-ring (bicyclic) bond motifs is 1. The highest BCUT2D eigenvalue weighted by Crippen LogP contribution is 2.35. The Balaban J connectivity index is 1.59. The monoisotopic (exact) mass is 442 g/mol. The Kier molecular flexibility index (Phi) is 5.42. The van der Waals surface area contributed by atoms with Crippen LogP contribution in [0.25, 0.3) is 5.57 Å². The van der Waals surface area contributed by atoms with Gasteiger partial charge in [-0.1, -0.05) is 47.3 Å². The topological polar surface area (TPSA) is 63.0 Å². The number of allylic oxidation sites excluding steroid dienone is 4. The number of nitrogens with zero attached hydrogens (tertiary/aromatic N) is 2. The summed E-state index contributed by atoms with van der Waals surface area (Å²) >= 11 is 4.88. The SMILES string of the molecule is N#C/C(=C\C1CCCCC1)c1nc([C@@H]2C=C3C=C(Br)C=C[C@H]3OC2=O)cs1. The summed E-state index contributed by atoms with van der Waals surface area (Å²) in [7, 11) is 0. The van der Waals surface area contributed by atoms with Gasteiger partial charge in [0, 0.05) is 9.86 Å². The van der Waals surface area contributed by atoms with Gasteiger partial charge in [-0.2, -0.15) is 5.26 Å². The zero-order chi connectivity index (χ0) is 18.8. The Hall–Kier alpha value is -1.97. The fraction of sp³-hybridized carbons (Fsp3) is 0.381. The summed E-state index contributed by atoms with van der Waals surface area (Å²) in [6, 6.07) is 2.30. The third-order valence-electron chi connectivity index (χ3n) is 5.16. The summed E-state index contributed by atoms with van der Waals surface area (Å²) in [5.74, 6) is -0.370. The maximum Gasteiger partial charge on any atom is 0.319 e. The minimum atomic E-state index is -0.529. The molecule has 27 heavy (non-hydrogen) atoms. The van der Waals surface area contributed by atoms with Crippen LogP contribution in [0.5, 0.6) is 0 Å². The number of rotatable bonds is 3. The van der Waals surface area contributed by atoms with E-state index in [1.54, 1.807) is 0 Å². The maximum absolute atomic E-state index is 12.4. The van der Waals surface area contributed by atoms with Crippen LogP contribution in [-0.4, -0.2) is 17.1 Å². The first-order valence-electron chi connectivity index (χ1n) is 9.19. The summed E-state index contributed by atoms with van der Waals surface area (Å²) < 4.78 is 6.50. The average molecular weight is 443 g/mol. The van der Waals surface area contributed by atoms with Crippen LogP contribution < -0.4 is 0 Å². The van der Waals surface area contributed by atoms with Crippen molar-refractivity contribution < 1.29 is 9.53 Å². The molecule has 1 fully saturated rings. The first kappa shape index (κ1) is 18.4. The van der Waals surface area contributed by atoms with Gasteiger partial charge in [-0.3, -0.25) is 4.79 Å². The van der Waals surface area contributed by atoms with Crippen LogP contribution in [0.4, 0.5) is 0 Å². The number of esters is 1. The van der Waals surface area contributed by atoms with E-state index in [2.05, 4.69) is 33.1 Å². The fourth-order valence-corrected chi connectivity index (χ4v) is 4.99. The van der Waals surface area contributed by atoms with Crippen LogP contribution in [0.3, 0.4) is 0 Å². The molecule has 4 rings (SSSR count). The second kappa shape index (κ2) is 7.95. The molecule has 0 bridgehead atoms. The van der Waals surface area contributed by atoms with Crippen molar-refractivity contribution >= 4 is 38.8 Å². The molecule has 1 saturated carbocycles. The predicted octanol–water partition coefficient (Wildman–Crippen LogP) is 5.41. The van der Waals surface area contributed by atoms with Gasteiger partial charge in [0.1, 0.15) is 23.1 Å². The zero-order valence-corrected chi connectivity index (χ0v) is 17.1. The van der Waals surface area contributed by atoms with E-state index in [0.717, 1.165) is 22.9 Å². The summed E-state index contributed by atoms with van der Waals surface area (Å²) in [5.41, 5.74) is 2.22. The molecular weight excluding hydrogens is 424 g/mol. The number of ether oxygens (including phenoxy) is 1. The van der Waals surface area contributed by atoms with Crippen molar-refractivity contribution in [2.75, 3.05) is 0 Å². The first-order valence-corrected chi connectivity index (χ1v) is 10.9. The highest BCUT2D eigenvalue weighted by Gasteiger charge is 2.32. The third-order valence-corrected chi connectivity index (χ3v) is 6.55. The van der Waals surface area contributed by atoms with Crippen molar-refractivity contribution in [2.24, 2.45) is 5.92 Å². The molecule has 0 aromatic carbocycles. The number of carbonyl (C=O) groups is 1. The number of halogens is 1. The second-order valence-electron chi connectivity index (χ2n) is 7.06. The molecule has 1 aromatic rings. The van der Waals surface area contributed by atoms with Crippen LogP contribution in [-0.2, 0) is 9.53 Å². The fourth-order valence-electron chi connectivity index (χ4n) is 3.74. The molecule has 2 atom stereocenters. The van der Waals surface area contributed by atoms with Crippen LogP contribution in [0.15, 0.2) is 45.8 Å². The van der Waals surface area contributed by atoms with E-state index in [0.29, 0.717) is 22.2 Å². The molecule has 2 aliphatic carbocycles. The minimum Gasteiger partial charge on any atom is -0.452 e. The molecule has 0 N–H and O–H groups in total. The Morgan fingerprint density at radius 2 is 2.19 bits per heavy atom. The molecule has 0 unspecified atom stereocenters. The number of hydrogen-bond donors (Lipinski definition) is 0. The quantitative estimate of drug-likeness (QED) is 0.463. The summed E-state index contributed by atoms with van der Waals surface area (Å²) in [6.07, 6.45) is 15.4. The Morgan fingerprint density at radius 1 is 1.37 bits per heavy atom. The molecule has 0 saturated heterocycles. The van der Waals surface area contributed by atoms with E-state index in [-0.39, 0.29) is 12.1 Å². The summed E-state index contributed by atoms with van der Waals surface area (Å²) in [6.45, 7) is 0. The van der Waals surface area contributed by atoms with E-state index >= 15 is 0 Å². The van der Waals surface area contributed by atoms with Gasteiger partial charge < -0.3 is 4.74 Å². The van der Waals surface area contributed by atoms with E-state index in [1.165, 1.54) is 30.6 Å². The number of thiazole rings is 1. The van der Waals surface area contributed by atoms with Crippen LogP contribution in [0.1, 0.15) is 48.7 Å². The van der Waals surface area contributed by atoms with Gasteiger partial charge >= 0.3 is 5.97 Å². The lowest BCUT2D eigenvalue weighted by Crippen LogP contribution is -2.28. The molecule has 1 aliphatic heterocycles. The summed E-state index contributed by atoms with van der Waals surface area (Å²) in [4.78, 5) is 17.1. The Bertz CT molecular complexity index is 913. The van der Waals surface area contributed by atoms with E-state index in [9.17, 15) is 10.1 Å². The zero-order valence-electron chi connectivity index (χ0n) is 14.7. The van der Waals surface area contributed by atoms with Crippen LogP contribution in [0, 0.1) is 17.2 Å². The number of carbonyl (C=O) groups excluding carboxylic acids is 1. The normalized spacial score (nSPS) is 25.9. The molecule has 1 aromatic heterocycles. The summed E-state index contributed by atoms with van der Waals surface area (Å²) in [5, 5.41) is 12.1. The lowest BCUT2D eigenvalue weighted by molar-refractivity contribution is -0.147. The molecule has 0 spiro atoms. The number of hydrogen-bond acceptors (Lipinski definition) is 5. The van der Waals surface area contributed by atoms with E-state index < -0.39 is 5.92 Å².